The van der Waals surface area contributed by atoms with Gasteiger partial charge in [-0.1, -0.05) is 11.3 Å². The van der Waals surface area contributed by atoms with Gasteiger partial charge < -0.3 is 10.4 Å². The molecule has 1 aliphatic heterocycles. The normalized spacial score (nSPS) is 15.3. The molecule has 1 aromatic heterocycles. The second kappa shape index (κ2) is 6.82. The molecule has 1 saturated heterocycles. The number of carboxylic acid groups (broad SMARTS) is 1. The van der Waals surface area contributed by atoms with Gasteiger partial charge in [0, 0.05) is 11.6 Å². The maximum atomic E-state index is 12.3. The Balaban J connectivity index is 1.73. The number of nitrogens with one attached hydrogen (secondary N) is 1. The lowest BCUT2D eigenvalue weighted by atomic mass is 10.0. The summed E-state index contributed by atoms with van der Waals surface area (Å²) in [5.74, 6) is 1.01. The van der Waals surface area contributed by atoms with Crippen LogP contribution in [-0.4, -0.2) is 43.5 Å². The van der Waals surface area contributed by atoms with E-state index in [1.54, 1.807) is 24.3 Å². The van der Waals surface area contributed by atoms with Crippen LogP contribution in [-0.2, 0) is 4.79 Å². The molecular formula is C15H16N4O3S. The monoisotopic (exact) mass is 332 g/mol. The van der Waals surface area contributed by atoms with Crippen LogP contribution in [0.15, 0.2) is 30.5 Å². The number of nitrogens with zero attached hydrogens (tertiary/aromatic N) is 3. The minimum Gasteiger partial charge on any atom is -0.476 e. The molecule has 0 aliphatic carbocycles. The first-order valence-electron chi connectivity index (χ1n) is 7.28. The van der Waals surface area contributed by atoms with Crippen molar-refractivity contribution < 1.29 is 14.7 Å². The molecule has 23 heavy (non-hydrogen) atoms. The number of hydrogen-bond acceptors (Lipinski definition) is 5. The molecule has 0 atom stereocenters. The Hall–Kier alpha value is -2.35. The molecule has 1 amide bonds. The molecule has 0 spiro atoms. The molecular weight excluding hydrogens is 316 g/mol. The first-order valence-corrected chi connectivity index (χ1v) is 8.43. The van der Waals surface area contributed by atoms with Crippen LogP contribution < -0.4 is 5.32 Å². The van der Waals surface area contributed by atoms with Crippen molar-refractivity contribution in [1.29, 1.82) is 0 Å². The van der Waals surface area contributed by atoms with E-state index in [2.05, 4.69) is 15.6 Å². The zero-order valence-electron chi connectivity index (χ0n) is 12.3. The van der Waals surface area contributed by atoms with Crippen LogP contribution in [0.25, 0.3) is 5.69 Å². The number of thioether (sulfide) groups is 1. The smallest absolute Gasteiger partial charge is 0.358 e. The topological polar surface area (TPSA) is 97.1 Å². The van der Waals surface area contributed by atoms with Crippen molar-refractivity contribution >= 4 is 29.3 Å². The van der Waals surface area contributed by atoms with E-state index in [1.165, 1.54) is 10.9 Å². The highest BCUT2D eigenvalue weighted by atomic mass is 32.2. The van der Waals surface area contributed by atoms with Gasteiger partial charge in [0.15, 0.2) is 5.69 Å². The van der Waals surface area contributed by atoms with Gasteiger partial charge >= 0.3 is 5.97 Å². The van der Waals surface area contributed by atoms with Gasteiger partial charge in [-0.15, -0.1) is 5.10 Å². The number of anilines is 1. The van der Waals surface area contributed by atoms with Gasteiger partial charge in [0.05, 0.1) is 11.9 Å². The largest absolute Gasteiger partial charge is 0.476 e. The van der Waals surface area contributed by atoms with Crippen molar-refractivity contribution in [1.82, 2.24) is 15.0 Å². The molecule has 0 radical (unpaired) electrons. The highest BCUT2D eigenvalue weighted by molar-refractivity contribution is 7.99. The third kappa shape index (κ3) is 3.70. The Morgan fingerprint density at radius 3 is 2.78 bits per heavy atom. The summed E-state index contributed by atoms with van der Waals surface area (Å²) in [6, 6.07) is 7.10. The Labute approximate surface area is 137 Å². The minimum absolute atomic E-state index is 0.0345. The number of carboxylic acids is 1. The number of carbonyl (C=O) groups is 2. The molecule has 120 valence electrons. The molecule has 8 heteroatoms. The molecule has 0 unspecified atom stereocenters. The predicted octanol–water partition coefficient (Wildman–Crippen LogP) is 2.05. The van der Waals surface area contributed by atoms with E-state index < -0.39 is 5.97 Å². The zero-order chi connectivity index (χ0) is 16.2. The lowest BCUT2D eigenvalue weighted by Gasteiger charge is -2.20. The number of carbonyl (C=O) groups excluding carboxylic acids is 1. The molecule has 2 aromatic rings. The van der Waals surface area contributed by atoms with Gasteiger partial charge in [-0.2, -0.15) is 11.8 Å². The summed E-state index contributed by atoms with van der Waals surface area (Å²) in [5, 5.41) is 19.2. The molecule has 0 bridgehead atoms. The lowest BCUT2D eigenvalue weighted by molar-refractivity contribution is -0.120. The number of hydrogen-bond donors (Lipinski definition) is 2. The fraction of sp³-hybridized carbons (Fsp3) is 0.333. The third-order valence-electron chi connectivity index (χ3n) is 3.68. The average Bonchev–Trinajstić information content (AvgIpc) is 3.06. The van der Waals surface area contributed by atoms with E-state index >= 15 is 0 Å². The maximum absolute atomic E-state index is 12.3. The van der Waals surface area contributed by atoms with Gasteiger partial charge in [0.25, 0.3) is 0 Å². The van der Waals surface area contributed by atoms with Crippen molar-refractivity contribution in [3.8, 4) is 5.69 Å². The number of aromatic nitrogens is 3. The number of aromatic carboxylic acids is 1. The summed E-state index contributed by atoms with van der Waals surface area (Å²) in [6.07, 6.45) is 3.14. The zero-order valence-corrected chi connectivity index (χ0v) is 13.1. The van der Waals surface area contributed by atoms with E-state index in [4.69, 9.17) is 5.11 Å². The molecule has 7 nitrogen and oxygen atoms in total. The van der Waals surface area contributed by atoms with E-state index in [-0.39, 0.29) is 17.5 Å². The first kappa shape index (κ1) is 15.5. The summed E-state index contributed by atoms with van der Waals surface area (Å²) in [5.41, 5.74) is 1.18. The summed E-state index contributed by atoms with van der Waals surface area (Å²) in [7, 11) is 0. The predicted molar refractivity (Wildman–Crippen MR) is 87.0 cm³/mol. The molecule has 3 rings (SSSR count). The van der Waals surface area contributed by atoms with Crippen LogP contribution in [0.1, 0.15) is 23.3 Å². The number of rotatable bonds is 4. The Morgan fingerprint density at radius 1 is 1.30 bits per heavy atom. The van der Waals surface area contributed by atoms with Crippen molar-refractivity contribution in [2.75, 3.05) is 16.8 Å². The minimum atomic E-state index is -1.13. The Morgan fingerprint density at radius 2 is 2.09 bits per heavy atom. The summed E-state index contributed by atoms with van der Waals surface area (Å²) in [4.78, 5) is 23.1. The first-order chi connectivity index (χ1) is 11.1. The van der Waals surface area contributed by atoms with Crippen molar-refractivity contribution in [3.05, 3.63) is 36.2 Å². The SMILES string of the molecule is O=C(O)c1cn(-c2cccc(NC(=O)C3CCSCC3)c2)nn1. The van der Waals surface area contributed by atoms with Gasteiger partial charge in [-0.3, -0.25) is 4.79 Å². The van der Waals surface area contributed by atoms with Crippen LogP contribution in [0, 0.1) is 5.92 Å². The number of amides is 1. The summed E-state index contributed by atoms with van der Waals surface area (Å²) < 4.78 is 1.37. The quantitative estimate of drug-likeness (QED) is 0.889. The van der Waals surface area contributed by atoms with Crippen LogP contribution >= 0.6 is 11.8 Å². The van der Waals surface area contributed by atoms with Crippen LogP contribution in [0.4, 0.5) is 5.69 Å². The Kier molecular flexibility index (Phi) is 4.61. The van der Waals surface area contributed by atoms with Gasteiger partial charge in [0.2, 0.25) is 5.91 Å². The second-order valence-electron chi connectivity index (χ2n) is 5.28. The third-order valence-corrected chi connectivity index (χ3v) is 4.73. The van der Waals surface area contributed by atoms with Crippen molar-refractivity contribution in [3.63, 3.8) is 0 Å². The second-order valence-corrected chi connectivity index (χ2v) is 6.50. The van der Waals surface area contributed by atoms with Crippen molar-refractivity contribution in [2.24, 2.45) is 5.92 Å². The molecule has 2 heterocycles. The maximum Gasteiger partial charge on any atom is 0.358 e. The fourth-order valence-corrected chi connectivity index (χ4v) is 3.52. The lowest BCUT2D eigenvalue weighted by Crippen LogP contribution is -2.26. The molecule has 1 aliphatic rings. The molecule has 1 fully saturated rings. The molecule has 0 saturated carbocycles. The van der Waals surface area contributed by atoms with Crippen LogP contribution in [0.2, 0.25) is 0 Å². The van der Waals surface area contributed by atoms with E-state index in [0.717, 1.165) is 24.3 Å². The molecule has 1 aromatic carbocycles. The molecule has 2 N–H and O–H groups in total. The van der Waals surface area contributed by atoms with E-state index in [9.17, 15) is 9.59 Å². The average molecular weight is 332 g/mol. The Bertz CT molecular complexity index is 725. The number of benzene rings is 1. The van der Waals surface area contributed by atoms with Gasteiger partial charge in [0.1, 0.15) is 0 Å². The summed E-state index contributed by atoms with van der Waals surface area (Å²) in [6.45, 7) is 0. The standard InChI is InChI=1S/C15H16N4O3S/c20-14(10-4-6-23-7-5-10)16-11-2-1-3-12(8-11)19-9-13(15(21)22)17-18-19/h1-3,8-10H,4-7H2,(H,16,20)(H,21,22). The van der Waals surface area contributed by atoms with E-state index in [1.807, 2.05) is 11.8 Å². The summed E-state index contributed by atoms with van der Waals surface area (Å²) >= 11 is 1.88. The fourth-order valence-electron chi connectivity index (χ4n) is 2.42. The van der Waals surface area contributed by atoms with Crippen LogP contribution in [0.3, 0.4) is 0 Å². The van der Waals surface area contributed by atoms with Gasteiger partial charge in [-0.05, 0) is 42.5 Å². The van der Waals surface area contributed by atoms with Crippen LogP contribution in [0.5, 0.6) is 0 Å². The highest BCUT2D eigenvalue weighted by Gasteiger charge is 2.21. The van der Waals surface area contributed by atoms with E-state index in [0.29, 0.717) is 11.4 Å². The van der Waals surface area contributed by atoms with Gasteiger partial charge in [-0.25, -0.2) is 9.48 Å². The van der Waals surface area contributed by atoms with Crippen molar-refractivity contribution in [2.45, 2.75) is 12.8 Å². The highest BCUT2D eigenvalue weighted by Crippen LogP contribution is 2.24.